The van der Waals surface area contributed by atoms with Crippen LogP contribution in [0, 0.1) is 5.41 Å². The second-order valence-electron chi connectivity index (χ2n) is 4.48. The van der Waals surface area contributed by atoms with Gasteiger partial charge in [-0.3, -0.25) is 0 Å². The predicted octanol–water partition coefficient (Wildman–Crippen LogP) is 2.34. The molecule has 80 valence electrons. The van der Waals surface area contributed by atoms with Crippen LogP contribution in [0.2, 0.25) is 5.15 Å². The Morgan fingerprint density at radius 1 is 1.60 bits per heavy atom. The molecule has 0 amide bonds. The minimum absolute atomic E-state index is 0.0345. The summed E-state index contributed by atoms with van der Waals surface area (Å²) in [6.07, 6.45) is 0.979. The van der Waals surface area contributed by atoms with E-state index >= 15 is 0 Å². The van der Waals surface area contributed by atoms with Crippen LogP contribution >= 0.6 is 11.6 Å². The van der Waals surface area contributed by atoms with Gasteiger partial charge >= 0.3 is 5.97 Å². The van der Waals surface area contributed by atoms with Crippen LogP contribution in [0.25, 0.3) is 0 Å². The normalized spacial score (nSPS) is 22.5. The summed E-state index contributed by atoms with van der Waals surface area (Å²) >= 11 is 5.74. The zero-order valence-electron chi connectivity index (χ0n) is 8.49. The number of hydrogen-bond donors (Lipinski definition) is 1. The van der Waals surface area contributed by atoms with Crippen molar-refractivity contribution in [3.63, 3.8) is 0 Å². The van der Waals surface area contributed by atoms with Gasteiger partial charge in [-0.25, -0.2) is 14.8 Å². The van der Waals surface area contributed by atoms with Crippen molar-refractivity contribution in [2.45, 2.75) is 26.2 Å². The van der Waals surface area contributed by atoms with Crippen molar-refractivity contribution in [3.8, 4) is 0 Å². The van der Waals surface area contributed by atoms with Gasteiger partial charge in [0.2, 0.25) is 0 Å². The van der Waals surface area contributed by atoms with Crippen LogP contribution < -0.4 is 0 Å². The third kappa shape index (κ3) is 1.95. The smallest absolute Gasteiger partial charge is 0.354 e. The Balaban J connectivity index is 2.37. The molecule has 1 N–H and O–H groups in total. The van der Waals surface area contributed by atoms with E-state index < -0.39 is 5.97 Å². The summed E-state index contributed by atoms with van der Waals surface area (Å²) in [5.41, 5.74) is 0.133. The maximum Gasteiger partial charge on any atom is 0.354 e. The molecule has 0 saturated heterocycles. The third-order valence-corrected chi connectivity index (χ3v) is 2.95. The highest BCUT2D eigenvalue weighted by molar-refractivity contribution is 6.29. The average molecular weight is 227 g/mol. The molecule has 0 radical (unpaired) electrons. The lowest BCUT2D eigenvalue weighted by molar-refractivity contribution is 0.0690. The fraction of sp³-hybridized carbons (Fsp3) is 0.500. The maximum absolute atomic E-state index is 10.8. The van der Waals surface area contributed by atoms with Crippen molar-refractivity contribution in [1.82, 2.24) is 9.97 Å². The first-order chi connectivity index (χ1) is 6.90. The minimum Gasteiger partial charge on any atom is -0.477 e. The van der Waals surface area contributed by atoms with Crippen molar-refractivity contribution in [3.05, 3.63) is 22.7 Å². The molecule has 0 bridgehead atoms. The molecule has 1 aromatic heterocycles. The molecule has 0 aromatic carbocycles. The molecule has 0 spiro atoms. The molecule has 15 heavy (non-hydrogen) atoms. The van der Waals surface area contributed by atoms with Crippen molar-refractivity contribution in [2.24, 2.45) is 5.41 Å². The monoisotopic (exact) mass is 226 g/mol. The van der Waals surface area contributed by atoms with Gasteiger partial charge in [0.05, 0.1) is 0 Å². The highest BCUT2D eigenvalue weighted by Gasteiger charge is 2.48. The first-order valence-electron chi connectivity index (χ1n) is 4.68. The van der Waals surface area contributed by atoms with Gasteiger partial charge in [-0.1, -0.05) is 25.4 Å². The molecular formula is C10H11ClN2O2. The van der Waals surface area contributed by atoms with E-state index in [1.165, 1.54) is 6.07 Å². The van der Waals surface area contributed by atoms with Gasteiger partial charge < -0.3 is 5.11 Å². The van der Waals surface area contributed by atoms with E-state index in [0.29, 0.717) is 5.82 Å². The van der Waals surface area contributed by atoms with E-state index in [9.17, 15) is 4.79 Å². The molecule has 0 aliphatic heterocycles. The van der Waals surface area contributed by atoms with E-state index in [1.54, 1.807) is 0 Å². The SMILES string of the molecule is CC1(C)CC1c1nc(Cl)cc(C(=O)O)n1. The summed E-state index contributed by atoms with van der Waals surface area (Å²) in [5.74, 6) is -0.293. The Bertz CT molecular complexity index is 431. The number of carboxylic acids is 1. The van der Waals surface area contributed by atoms with E-state index in [4.69, 9.17) is 16.7 Å². The van der Waals surface area contributed by atoms with Crippen LogP contribution in [0.1, 0.15) is 42.5 Å². The van der Waals surface area contributed by atoms with Gasteiger partial charge in [-0.05, 0) is 11.8 Å². The lowest BCUT2D eigenvalue weighted by Crippen LogP contribution is -2.06. The molecule has 1 aliphatic carbocycles. The first kappa shape index (κ1) is 10.4. The number of hydrogen-bond acceptors (Lipinski definition) is 3. The van der Waals surface area contributed by atoms with E-state index in [1.807, 2.05) is 0 Å². The van der Waals surface area contributed by atoms with E-state index in [0.717, 1.165) is 6.42 Å². The molecule has 2 rings (SSSR count). The average Bonchev–Trinajstić information content (AvgIpc) is 2.74. The zero-order valence-corrected chi connectivity index (χ0v) is 9.25. The summed E-state index contributed by atoms with van der Waals surface area (Å²) in [7, 11) is 0. The third-order valence-electron chi connectivity index (χ3n) is 2.76. The standard InChI is InChI=1S/C10H11ClN2O2/c1-10(2)4-5(10)8-12-6(9(14)15)3-7(11)13-8/h3,5H,4H2,1-2H3,(H,14,15). The molecule has 1 saturated carbocycles. The fourth-order valence-corrected chi connectivity index (χ4v) is 1.80. The Hall–Kier alpha value is -1.16. The Morgan fingerprint density at radius 3 is 2.67 bits per heavy atom. The number of aromatic nitrogens is 2. The topological polar surface area (TPSA) is 63.1 Å². The zero-order chi connectivity index (χ0) is 11.2. The van der Waals surface area contributed by atoms with Gasteiger partial charge in [0, 0.05) is 12.0 Å². The van der Waals surface area contributed by atoms with Crippen LogP contribution in [-0.4, -0.2) is 21.0 Å². The van der Waals surface area contributed by atoms with Crippen molar-refractivity contribution < 1.29 is 9.90 Å². The van der Waals surface area contributed by atoms with Crippen LogP contribution in [0.15, 0.2) is 6.07 Å². The van der Waals surface area contributed by atoms with Gasteiger partial charge in [-0.15, -0.1) is 0 Å². The second-order valence-corrected chi connectivity index (χ2v) is 4.87. The molecule has 1 aromatic rings. The highest BCUT2D eigenvalue weighted by atomic mass is 35.5. The van der Waals surface area contributed by atoms with Crippen molar-refractivity contribution in [2.75, 3.05) is 0 Å². The minimum atomic E-state index is -1.07. The molecule has 5 heteroatoms. The van der Waals surface area contributed by atoms with Gasteiger partial charge in [0.25, 0.3) is 0 Å². The molecule has 1 unspecified atom stereocenters. The summed E-state index contributed by atoms with van der Waals surface area (Å²) in [5, 5.41) is 9.01. The second kappa shape index (κ2) is 3.17. The van der Waals surface area contributed by atoms with E-state index in [-0.39, 0.29) is 22.2 Å². The number of aromatic carboxylic acids is 1. The van der Waals surface area contributed by atoms with Crippen molar-refractivity contribution >= 4 is 17.6 Å². The molecular weight excluding hydrogens is 216 g/mol. The fourth-order valence-electron chi connectivity index (χ4n) is 1.61. The highest BCUT2D eigenvalue weighted by Crippen LogP contribution is 2.57. The number of nitrogens with zero attached hydrogens (tertiary/aromatic N) is 2. The summed E-state index contributed by atoms with van der Waals surface area (Å²) < 4.78 is 0. The Labute approximate surface area is 92.3 Å². The van der Waals surface area contributed by atoms with Crippen LogP contribution in [0.3, 0.4) is 0 Å². The molecule has 1 fully saturated rings. The summed E-state index contributed by atoms with van der Waals surface area (Å²) in [6.45, 7) is 4.20. The van der Waals surface area contributed by atoms with Gasteiger partial charge in [-0.2, -0.15) is 0 Å². The molecule has 1 atom stereocenters. The van der Waals surface area contributed by atoms with Crippen LogP contribution in [0.5, 0.6) is 0 Å². The number of carboxylic acid groups (broad SMARTS) is 1. The quantitative estimate of drug-likeness (QED) is 0.787. The molecule has 1 aliphatic rings. The number of rotatable bonds is 2. The van der Waals surface area contributed by atoms with Crippen LogP contribution in [0.4, 0.5) is 0 Å². The van der Waals surface area contributed by atoms with Crippen molar-refractivity contribution in [1.29, 1.82) is 0 Å². The predicted molar refractivity (Wildman–Crippen MR) is 55.1 cm³/mol. The molecule has 4 nitrogen and oxygen atoms in total. The number of halogens is 1. The first-order valence-corrected chi connectivity index (χ1v) is 5.06. The Kier molecular flexibility index (Phi) is 2.19. The summed E-state index contributed by atoms with van der Waals surface area (Å²) in [6, 6.07) is 1.27. The maximum atomic E-state index is 10.8. The summed E-state index contributed by atoms with van der Waals surface area (Å²) in [4.78, 5) is 18.8. The Morgan fingerprint density at radius 2 is 2.20 bits per heavy atom. The lowest BCUT2D eigenvalue weighted by Gasteiger charge is -2.03. The van der Waals surface area contributed by atoms with Crippen LogP contribution in [-0.2, 0) is 0 Å². The van der Waals surface area contributed by atoms with E-state index in [2.05, 4.69) is 23.8 Å². The number of carbonyl (C=O) groups is 1. The van der Waals surface area contributed by atoms with Gasteiger partial charge in [0.15, 0.2) is 5.69 Å². The molecule has 1 heterocycles. The lowest BCUT2D eigenvalue weighted by atomic mass is 10.1. The largest absolute Gasteiger partial charge is 0.477 e. The van der Waals surface area contributed by atoms with Gasteiger partial charge in [0.1, 0.15) is 11.0 Å².